The smallest absolute Gasteiger partial charge is 0.00295 e. The summed E-state index contributed by atoms with van der Waals surface area (Å²) in [6.07, 6.45) is 8.29. The predicted molar refractivity (Wildman–Crippen MR) is 79.4 cm³/mol. The van der Waals surface area contributed by atoms with Crippen LogP contribution >= 0.6 is 0 Å². The highest BCUT2D eigenvalue weighted by Crippen LogP contribution is 2.23. The molecule has 17 heavy (non-hydrogen) atoms. The first-order chi connectivity index (χ1) is 7.73. The Morgan fingerprint density at radius 1 is 1.06 bits per heavy atom. The maximum absolute atomic E-state index is 2.42. The molecule has 1 nitrogen and oxygen atoms in total. The Balaban J connectivity index is 4.09. The molecule has 0 rings (SSSR count). The molecular formula is C16H31N. The first kappa shape index (κ1) is 16.4. The van der Waals surface area contributed by atoms with E-state index in [2.05, 4.69) is 65.8 Å². The van der Waals surface area contributed by atoms with Gasteiger partial charge >= 0.3 is 0 Å². The summed E-state index contributed by atoms with van der Waals surface area (Å²) < 4.78 is 0. The average Bonchev–Trinajstić information content (AvgIpc) is 2.12. The number of hydrogen-bond donors (Lipinski definition) is 0. The van der Waals surface area contributed by atoms with Crippen LogP contribution in [0.1, 0.15) is 53.9 Å². The van der Waals surface area contributed by atoms with Gasteiger partial charge in [0.2, 0.25) is 0 Å². The molecule has 0 fully saturated rings. The SMILES string of the molecule is CC(C)=CCC/C(C)=C/CC(C)(C)CN(C)C. The van der Waals surface area contributed by atoms with E-state index in [0.29, 0.717) is 5.41 Å². The zero-order valence-electron chi connectivity index (χ0n) is 12.9. The minimum atomic E-state index is 0.376. The highest BCUT2D eigenvalue weighted by atomic mass is 15.1. The van der Waals surface area contributed by atoms with Crippen LogP contribution in [-0.2, 0) is 0 Å². The number of allylic oxidation sites excluding steroid dienone is 4. The Labute approximate surface area is 109 Å². The average molecular weight is 237 g/mol. The fraction of sp³-hybridized carbons (Fsp3) is 0.750. The number of rotatable bonds is 7. The summed E-state index contributed by atoms with van der Waals surface area (Å²) in [6, 6.07) is 0. The predicted octanol–water partition coefficient (Wildman–Crippen LogP) is 4.66. The van der Waals surface area contributed by atoms with Crippen LogP contribution in [0.15, 0.2) is 23.3 Å². The van der Waals surface area contributed by atoms with Crippen LogP contribution in [0.4, 0.5) is 0 Å². The van der Waals surface area contributed by atoms with Crippen LogP contribution in [0.3, 0.4) is 0 Å². The van der Waals surface area contributed by atoms with Gasteiger partial charge in [-0.15, -0.1) is 0 Å². The maximum Gasteiger partial charge on any atom is 0.00295 e. The van der Waals surface area contributed by atoms with Gasteiger partial charge in [-0.3, -0.25) is 0 Å². The third-order valence-corrected chi connectivity index (χ3v) is 2.84. The van der Waals surface area contributed by atoms with E-state index in [1.165, 1.54) is 30.4 Å². The molecule has 0 aliphatic heterocycles. The minimum absolute atomic E-state index is 0.376. The van der Waals surface area contributed by atoms with Crippen molar-refractivity contribution in [3.8, 4) is 0 Å². The number of hydrogen-bond acceptors (Lipinski definition) is 1. The fourth-order valence-corrected chi connectivity index (χ4v) is 2.06. The molecule has 0 atom stereocenters. The molecule has 100 valence electrons. The van der Waals surface area contributed by atoms with E-state index in [1.807, 2.05) is 0 Å². The molecule has 0 aromatic heterocycles. The first-order valence-corrected chi connectivity index (χ1v) is 6.67. The van der Waals surface area contributed by atoms with E-state index in [9.17, 15) is 0 Å². The van der Waals surface area contributed by atoms with Gasteiger partial charge in [0, 0.05) is 6.54 Å². The van der Waals surface area contributed by atoms with Crippen molar-refractivity contribution in [3.05, 3.63) is 23.3 Å². The molecule has 0 heterocycles. The second-order valence-corrected chi connectivity index (χ2v) is 6.48. The van der Waals surface area contributed by atoms with Crippen LogP contribution < -0.4 is 0 Å². The monoisotopic (exact) mass is 237 g/mol. The van der Waals surface area contributed by atoms with Gasteiger partial charge in [0.1, 0.15) is 0 Å². The van der Waals surface area contributed by atoms with Gasteiger partial charge in [0.15, 0.2) is 0 Å². The second kappa shape index (κ2) is 7.71. The summed E-state index contributed by atoms with van der Waals surface area (Å²) in [6.45, 7) is 12.4. The molecular weight excluding hydrogens is 206 g/mol. The molecule has 0 saturated carbocycles. The molecule has 0 bridgehead atoms. The highest BCUT2D eigenvalue weighted by Gasteiger charge is 2.16. The van der Waals surface area contributed by atoms with Gasteiger partial charge < -0.3 is 4.90 Å². The molecule has 0 amide bonds. The van der Waals surface area contributed by atoms with Crippen LogP contribution in [0.5, 0.6) is 0 Å². The zero-order chi connectivity index (χ0) is 13.5. The molecule has 0 aliphatic rings. The van der Waals surface area contributed by atoms with E-state index in [1.54, 1.807) is 0 Å². The van der Waals surface area contributed by atoms with Crippen LogP contribution in [0.25, 0.3) is 0 Å². The van der Waals surface area contributed by atoms with Crippen molar-refractivity contribution >= 4 is 0 Å². The van der Waals surface area contributed by atoms with Crippen molar-refractivity contribution in [2.45, 2.75) is 53.9 Å². The standard InChI is InChI=1S/C16H31N/c1-14(2)9-8-10-15(3)11-12-16(4,5)13-17(6)7/h9,11H,8,10,12-13H2,1-7H3/b15-11+. The molecule has 0 radical (unpaired) electrons. The second-order valence-electron chi connectivity index (χ2n) is 6.48. The summed E-state index contributed by atoms with van der Waals surface area (Å²) in [4.78, 5) is 2.27. The van der Waals surface area contributed by atoms with Crippen molar-refractivity contribution < 1.29 is 0 Å². The molecule has 0 aromatic carbocycles. The molecule has 1 heteroatoms. The maximum atomic E-state index is 2.42. The van der Waals surface area contributed by atoms with Gasteiger partial charge in [-0.1, -0.05) is 37.1 Å². The highest BCUT2D eigenvalue weighted by molar-refractivity contribution is 5.03. The van der Waals surface area contributed by atoms with Gasteiger partial charge in [0.05, 0.1) is 0 Å². The van der Waals surface area contributed by atoms with E-state index < -0.39 is 0 Å². The lowest BCUT2D eigenvalue weighted by molar-refractivity contribution is 0.242. The zero-order valence-corrected chi connectivity index (χ0v) is 12.9. The molecule has 0 aromatic rings. The Morgan fingerprint density at radius 3 is 2.12 bits per heavy atom. The fourth-order valence-electron chi connectivity index (χ4n) is 2.06. The summed E-state index contributed by atoms with van der Waals surface area (Å²) in [5.74, 6) is 0. The van der Waals surface area contributed by atoms with E-state index in [0.717, 1.165) is 6.54 Å². The van der Waals surface area contributed by atoms with Gasteiger partial charge in [0.25, 0.3) is 0 Å². The normalized spacial score (nSPS) is 13.1. The first-order valence-electron chi connectivity index (χ1n) is 6.67. The third kappa shape index (κ3) is 10.3. The third-order valence-electron chi connectivity index (χ3n) is 2.84. The van der Waals surface area contributed by atoms with Crippen LogP contribution in [0.2, 0.25) is 0 Å². The molecule has 0 spiro atoms. The van der Waals surface area contributed by atoms with Crippen LogP contribution in [0, 0.1) is 5.41 Å². The number of nitrogens with zero attached hydrogens (tertiary/aromatic N) is 1. The quantitative estimate of drug-likeness (QED) is 0.582. The lowest BCUT2D eigenvalue weighted by Gasteiger charge is -2.27. The summed E-state index contributed by atoms with van der Waals surface area (Å²) >= 11 is 0. The van der Waals surface area contributed by atoms with Crippen molar-refractivity contribution in [1.29, 1.82) is 0 Å². The topological polar surface area (TPSA) is 3.24 Å². The van der Waals surface area contributed by atoms with Crippen molar-refractivity contribution in [1.82, 2.24) is 4.90 Å². The van der Waals surface area contributed by atoms with Crippen molar-refractivity contribution in [2.24, 2.45) is 5.41 Å². The summed E-state index contributed by atoms with van der Waals surface area (Å²) in [5, 5.41) is 0. The summed E-state index contributed by atoms with van der Waals surface area (Å²) in [5.41, 5.74) is 3.32. The Kier molecular flexibility index (Phi) is 7.45. The van der Waals surface area contributed by atoms with E-state index in [-0.39, 0.29) is 0 Å². The van der Waals surface area contributed by atoms with Gasteiger partial charge in [-0.2, -0.15) is 0 Å². The largest absolute Gasteiger partial charge is 0.309 e. The van der Waals surface area contributed by atoms with Gasteiger partial charge in [-0.25, -0.2) is 0 Å². The van der Waals surface area contributed by atoms with Crippen molar-refractivity contribution in [2.75, 3.05) is 20.6 Å². The summed E-state index contributed by atoms with van der Waals surface area (Å²) in [7, 11) is 4.29. The molecule has 0 aliphatic carbocycles. The lowest BCUT2D eigenvalue weighted by Crippen LogP contribution is -2.28. The van der Waals surface area contributed by atoms with Crippen LogP contribution in [-0.4, -0.2) is 25.5 Å². The van der Waals surface area contributed by atoms with E-state index >= 15 is 0 Å². The Bertz CT molecular complexity index is 265. The van der Waals surface area contributed by atoms with Crippen molar-refractivity contribution in [3.63, 3.8) is 0 Å². The Hall–Kier alpha value is -0.560. The molecule has 0 N–H and O–H groups in total. The Morgan fingerprint density at radius 2 is 1.65 bits per heavy atom. The molecule has 0 saturated heterocycles. The lowest BCUT2D eigenvalue weighted by atomic mass is 9.87. The van der Waals surface area contributed by atoms with Gasteiger partial charge in [-0.05, 0) is 59.5 Å². The molecule has 0 unspecified atom stereocenters. The van der Waals surface area contributed by atoms with E-state index in [4.69, 9.17) is 0 Å². The minimum Gasteiger partial charge on any atom is -0.309 e.